The Labute approximate surface area is 119 Å². The molecule has 2 rings (SSSR count). The number of nitrogens with zero attached hydrogens (tertiary/aromatic N) is 3. The molecule has 0 amide bonds. The third-order valence-corrected chi connectivity index (χ3v) is 3.61. The van der Waals surface area contributed by atoms with Crippen LogP contribution in [0.25, 0.3) is 0 Å². The normalized spacial score (nSPS) is 17.8. The molecule has 0 spiro atoms. The van der Waals surface area contributed by atoms with Gasteiger partial charge < -0.3 is 4.74 Å². The number of hydrogen-bond acceptors (Lipinski definition) is 5. The lowest BCUT2D eigenvalue weighted by Crippen LogP contribution is -2.52. The summed E-state index contributed by atoms with van der Waals surface area (Å²) >= 11 is 0. The van der Waals surface area contributed by atoms with E-state index in [0.29, 0.717) is 25.6 Å². The third-order valence-electron chi connectivity index (χ3n) is 3.61. The van der Waals surface area contributed by atoms with E-state index >= 15 is 0 Å². The summed E-state index contributed by atoms with van der Waals surface area (Å²) in [5, 5.41) is 7.75. The van der Waals surface area contributed by atoms with Gasteiger partial charge in [0, 0.05) is 12.6 Å². The first-order valence-corrected chi connectivity index (χ1v) is 7.27. The van der Waals surface area contributed by atoms with Crippen LogP contribution in [0.5, 0.6) is 0 Å². The zero-order valence-electron chi connectivity index (χ0n) is 12.8. The highest BCUT2D eigenvalue weighted by atomic mass is 16.5. The minimum Gasteiger partial charge on any atom is -0.465 e. The Hall–Kier alpha value is -1.43. The summed E-state index contributed by atoms with van der Waals surface area (Å²) in [5.41, 5.74) is -0.649. The fraction of sp³-hybridized carbons (Fsp3) is 0.786. The molecule has 1 aliphatic rings. The first-order chi connectivity index (χ1) is 9.44. The molecule has 0 saturated heterocycles. The molecular weight excluding hydrogens is 256 g/mol. The van der Waals surface area contributed by atoms with Gasteiger partial charge in [-0.2, -0.15) is 5.10 Å². The second kappa shape index (κ2) is 5.91. The highest BCUT2D eigenvalue weighted by Crippen LogP contribution is 2.25. The summed E-state index contributed by atoms with van der Waals surface area (Å²) < 4.78 is 7.06. The van der Waals surface area contributed by atoms with Crippen LogP contribution in [-0.4, -0.2) is 38.9 Å². The Morgan fingerprint density at radius 2 is 2.20 bits per heavy atom. The SMILES string of the molecule is CCOC(=O)C(C)(CCn1nc(C)nc1C)NC1CC1. The summed E-state index contributed by atoms with van der Waals surface area (Å²) in [7, 11) is 0. The van der Waals surface area contributed by atoms with Crippen molar-refractivity contribution in [2.45, 2.75) is 65.1 Å². The van der Waals surface area contributed by atoms with Crippen molar-refractivity contribution in [2.24, 2.45) is 0 Å². The number of nitrogens with one attached hydrogen (secondary N) is 1. The molecule has 1 unspecified atom stereocenters. The van der Waals surface area contributed by atoms with E-state index in [2.05, 4.69) is 15.4 Å². The number of ether oxygens (including phenoxy) is 1. The van der Waals surface area contributed by atoms with E-state index in [9.17, 15) is 4.79 Å². The predicted octanol–water partition coefficient (Wildman–Crippen LogP) is 1.36. The number of carbonyl (C=O) groups is 1. The van der Waals surface area contributed by atoms with Crippen LogP contribution in [0.4, 0.5) is 0 Å². The van der Waals surface area contributed by atoms with E-state index in [1.807, 2.05) is 32.4 Å². The van der Waals surface area contributed by atoms with E-state index in [4.69, 9.17) is 4.74 Å². The second-order valence-corrected chi connectivity index (χ2v) is 5.65. The first kappa shape index (κ1) is 15.0. The molecule has 6 nitrogen and oxygen atoms in total. The molecule has 20 heavy (non-hydrogen) atoms. The minimum atomic E-state index is -0.649. The fourth-order valence-electron chi connectivity index (χ4n) is 2.30. The lowest BCUT2D eigenvalue weighted by molar-refractivity contribution is -0.151. The predicted molar refractivity (Wildman–Crippen MR) is 75.3 cm³/mol. The topological polar surface area (TPSA) is 69.0 Å². The Morgan fingerprint density at radius 1 is 1.50 bits per heavy atom. The second-order valence-electron chi connectivity index (χ2n) is 5.65. The zero-order valence-corrected chi connectivity index (χ0v) is 12.8. The molecule has 0 radical (unpaired) electrons. The molecule has 0 aromatic carbocycles. The van der Waals surface area contributed by atoms with Gasteiger partial charge in [-0.3, -0.25) is 14.8 Å². The van der Waals surface area contributed by atoms with Crippen molar-refractivity contribution in [3.05, 3.63) is 11.6 Å². The van der Waals surface area contributed by atoms with Crippen LogP contribution in [0.2, 0.25) is 0 Å². The summed E-state index contributed by atoms with van der Waals surface area (Å²) in [4.78, 5) is 16.5. The maximum absolute atomic E-state index is 12.2. The maximum Gasteiger partial charge on any atom is 0.326 e. The monoisotopic (exact) mass is 280 g/mol. The highest BCUT2D eigenvalue weighted by molar-refractivity contribution is 5.80. The van der Waals surface area contributed by atoms with Crippen LogP contribution < -0.4 is 5.32 Å². The zero-order chi connectivity index (χ0) is 14.8. The van der Waals surface area contributed by atoms with Crippen molar-refractivity contribution in [1.82, 2.24) is 20.1 Å². The molecular formula is C14H24N4O2. The molecule has 112 valence electrons. The van der Waals surface area contributed by atoms with Crippen LogP contribution in [0.15, 0.2) is 0 Å². The lowest BCUT2D eigenvalue weighted by atomic mass is 9.97. The van der Waals surface area contributed by atoms with E-state index in [1.54, 1.807) is 0 Å². The van der Waals surface area contributed by atoms with Crippen LogP contribution in [0.1, 0.15) is 44.8 Å². The quantitative estimate of drug-likeness (QED) is 0.764. The number of carbonyl (C=O) groups excluding carboxylic acids is 1. The van der Waals surface area contributed by atoms with Gasteiger partial charge >= 0.3 is 5.97 Å². The summed E-state index contributed by atoms with van der Waals surface area (Å²) in [6.07, 6.45) is 2.92. The summed E-state index contributed by atoms with van der Waals surface area (Å²) in [5.74, 6) is 1.46. The number of hydrogen-bond donors (Lipinski definition) is 1. The van der Waals surface area contributed by atoms with Gasteiger partial charge in [0.1, 0.15) is 17.2 Å². The van der Waals surface area contributed by atoms with Gasteiger partial charge in [0.15, 0.2) is 0 Å². The molecule has 1 aromatic heterocycles. The minimum absolute atomic E-state index is 0.179. The standard InChI is InChI=1S/C14H24N4O2/c1-5-20-13(19)14(4,16-12-6-7-12)8-9-18-11(3)15-10(2)17-18/h12,16H,5-9H2,1-4H3. The number of esters is 1. The number of aryl methyl sites for hydroxylation is 3. The average Bonchev–Trinajstić information content (AvgIpc) is 3.12. The van der Waals surface area contributed by atoms with Gasteiger partial charge in [-0.1, -0.05) is 0 Å². The van der Waals surface area contributed by atoms with Crippen molar-refractivity contribution in [3.63, 3.8) is 0 Å². The largest absolute Gasteiger partial charge is 0.465 e. The first-order valence-electron chi connectivity index (χ1n) is 7.27. The highest BCUT2D eigenvalue weighted by Gasteiger charge is 2.39. The van der Waals surface area contributed by atoms with Crippen LogP contribution in [0.3, 0.4) is 0 Å². The smallest absolute Gasteiger partial charge is 0.326 e. The van der Waals surface area contributed by atoms with Gasteiger partial charge in [-0.05, 0) is 47.0 Å². The fourth-order valence-corrected chi connectivity index (χ4v) is 2.30. The molecule has 0 bridgehead atoms. The molecule has 0 aliphatic heterocycles. The molecule has 1 atom stereocenters. The number of aromatic nitrogens is 3. The van der Waals surface area contributed by atoms with Gasteiger partial charge in [0.25, 0.3) is 0 Å². The van der Waals surface area contributed by atoms with Gasteiger partial charge in [0.2, 0.25) is 0 Å². The molecule has 1 aromatic rings. The van der Waals surface area contributed by atoms with Gasteiger partial charge in [-0.15, -0.1) is 0 Å². The van der Waals surface area contributed by atoms with Crippen molar-refractivity contribution in [2.75, 3.05) is 6.61 Å². The molecule has 6 heteroatoms. The molecule has 1 N–H and O–H groups in total. The van der Waals surface area contributed by atoms with Crippen LogP contribution in [0, 0.1) is 13.8 Å². The third kappa shape index (κ3) is 3.56. The Bertz CT molecular complexity index is 482. The van der Waals surface area contributed by atoms with E-state index in [-0.39, 0.29) is 5.97 Å². The molecule has 1 saturated carbocycles. The van der Waals surface area contributed by atoms with Crippen molar-refractivity contribution in [3.8, 4) is 0 Å². The molecule has 1 heterocycles. The molecule has 1 aliphatic carbocycles. The number of rotatable bonds is 7. The average molecular weight is 280 g/mol. The van der Waals surface area contributed by atoms with Crippen molar-refractivity contribution in [1.29, 1.82) is 0 Å². The van der Waals surface area contributed by atoms with Gasteiger partial charge in [-0.25, -0.2) is 4.98 Å². The lowest BCUT2D eigenvalue weighted by Gasteiger charge is -2.28. The van der Waals surface area contributed by atoms with Crippen LogP contribution in [-0.2, 0) is 16.1 Å². The molecule has 1 fully saturated rings. The van der Waals surface area contributed by atoms with Crippen molar-refractivity contribution >= 4 is 5.97 Å². The van der Waals surface area contributed by atoms with E-state index in [1.165, 1.54) is 0 Å². The Kier molecular flexibility index (Phi) is 4.42. The Morgan fingerprint density at radius 3 is 2.70 bits per heavy atom. The van der Waals surface area contributed by atoms with Crippen LogP contribution >= 0.6 is 0 Å². The van der Waals surface area contributed by atoms with Gasteiger partial charge in [0.05, 0.1) is 6.61 Å². The maximum atomic E-state index is 12.2. The van der Waals surface area contributed by atoms with E-state index in [0.717, 1.165) is 24.5 Å². The summed E-state index contributed by atoms with van der Waals surface area (Å²) in [6.45, 7) is 8.61. The van der Waals surface area contributed by atoms with Crippen molar-refractivity contribution < 1.29 is 9.53 Å². The Balaban J connectivity index is 2.03. The van der Waals surface area contributed by atoms with E-state index < -0.39 is 5.54 Å². The summed E-state index contributed by atoms with van der Waals surface area (Å²) in [6, 6.07) is 0.447.